The van der Waals surface area contributed by atoms with Gasteiger partial charge in [0.1, 0.15) is 0 Å². The Balaban J connectivity index is 1.69. The molecule has 0 aliphatic carbocycles. The largest absolute Gasteiger partial charge is 0.356 e. The molecule has 15 heavy (non-hydrogen) atoms. The molecule has 0 aromatic heterocycles. The van der Waals surface area contributed by atoms with E-state index >= 15 is 0 Å². The molecule has 0 aromatic rings. The number of amides is 1. The van der Waals surface area contributed by atoms with E-state index in [2.05, 4.69) is 10.6 Å². The second-order valence-corrected chi connectivity index (χ2v) is 5.03. The summed E-state index contributed by atoms with van der Waals surface area (Å²) in [6, 6.07) is 1.47. The van der Waals surface area contributed by atoms with Gasteiger partial charge in [-0.25, -0.2) is 0 Å². The fourth-order valence-corrected chi connectivity index (χ4v) is 2.92. The summed E-state index contributed by atoms with van der Waals surface area (Å²) in [4.78, 5) is 11.3. The highest BCUT2D eigenvalue weighted by Crippen LogP contribution is 2.30. The van der Waals surface area contributed by atoms with Crippen LogP contribution in [-0.4, -0.2) is 24.5 Å². The molecule has 2 rings (SSSR count). The van der Waals surface area contributed by atoms with Gasteiger partial charge in [0, 0.05) is 25.0 Å². The molecule has 2 heterocycles. The first-order valence-electron chi connectivity index (χ1n) is 6.30. The van der Waals surface area contributed by atoms with Crippen LogP contribution in [0.2, 0.25) is 0 Å². The van der Waals surface area contributed by atoms with Crippen molar-refractivity contribution in [2.24, 2.45) is 5.92 Å². The summed E-state index contributed by atoms with van der Waals surface area (Å²) in [6.07, 6.45) is 6.81. The van der Waals surface area contributed by atoms with Crippen molar-refractivity contribution in [2.45, 2.75) is 57.5 Å². The third-order valence-corrected chi connectivity index (χ3v) is 3.64. The van der Waals surface area contributed by atoms with Crippen LogP contribution >= 0.6 is 0 Å². The van der Waals surface area contributed by atoms with Crippen molar-refractivity contribution in [3.63, 3.8) is 0 Å². The van der Waals surface area contributed by atoms with Crippen molar-refractivity contribution in [1.82, 2.24) is 10.6 Å². The lowest BCUT2D eigenvalue weighted by atomic mass is 9.92. The third-order valence-electron chi connectivity index (χ3n) is 3.64. The van der Waals surface area contributed by atoms with Gasteiger partial charge in [-0.05, 0) is 38.0 Å². The first-order valence-corrected chi connectivity index (χ1v) is 6.30. The number of nitrogens with one attached hydrogen (secondary N) is 2. The van der Waals surface area contributed by atoms with Gasteiger partial charge >= 0.3 is 0 Å². The molecule has 2 unspecified atom stereocenters. The lowest BCUT2D eigenvalue weighted by Gasteiger charge is -2.29. The lowest BCUT2D eigenvalue weighted by molar-refractivity contribution is -0.121. The van der Waals surface area contributed by atoms with E-state index in [1.807, 2.05) is 6.92 Å². The fraction of sp³-hybridized carbons (Fsp3) is 0.917. The van der Waals surface area contributed by atoms with Gasteiger partial charge < -0.3 is 10.6 Å². The summed E-state index contributed by atoms with van der Waals surface area (Å²) in [5.74, 6) is 0.938. The van der Waals surface area contributed by atoms with Crippen LogP contribution in [-0.2, 0) is 4.79 Å². The van der Waals surface area contributed by atoms with Gasteiger partial charge in [-0.2, -0.15) is 0 Å². The molecule has 1 amide bonds. The molecule has 86 valence electrons. The average molecular weight is 210 g/mol. The minimum absolute atomic E-state index is 0.225. The molecule has 0 radical (unpaired) electrons. The zero-order valence-electron chi connectivity index (χ0n) is 9.59. The van der Waals surface area contributed by atoms with E-state index in [1.54, 1.807) is 0 Å². The Morgan fingerprint density at radius 2 is 2.00 bits per heavy atom. The third kappa shape index (κ3) is 2.94. The normalized spacial score (nSPS) is 34.1. The first kappa shape index (κ1) is 10.9. The number of carbonyl (C=O) groups is 1. The predicted molar refractivity (Wildman–Crippen MR) is 60.6 cm³/mol. The average Bonchev–Trinajstić information content (AvgIpc) is 2.56. The molecule has 2 saturated heterocycles. The highest BCUT2D eigenvalue weighted by Gasteiger charge is 2.33. The second kappa shape index (κ2) is 4.97. The maximum atomic E-state index is 11.3. The maximum absolute atomic E-state index is 11.3. The summed E-state index contributed by atoms with van der Waals surface area (Å²) < 4.78 is 0. The Morgan fingerprint density at radius 1 is 1.33 bits per heavy atom. The van der Waals surface area contributed by atoms with Crippen molar-refractivity contribution in [1.29, 1.82) is 0 Å². The van der Waals surface area contributed by atoms with Gasteiger partial charge in [0.25, 0.3) is 0 Å². The maximum Gasteiger partial charge on any atom is 0.219 e. The van der Waals surface area contributed by atoms with Crippen LogP contribution in [0.3, 0.4) is 0 Å². The van der Waals surface area contributed by atoms with Crippen LogP contribution in [0.1, 0.15) is 45.4 Å². The molecule has 2 bridgehead atoms. The molecule has 2 aliphatic rings. The van der Waals surface area contributed by atoms with Crippen molar-refractivity contribution >= 4 is 5.91 Å². The van der Waals surface area contributed by atoms with Gasteiger partial charge in [-0.15, -0.1) is 0 Å². The van der Waals surface area contributed by atoms with Gasteiger partial charge in [0.2, 0.25) is 5.91 Å². The number of hydrogen-bond donors (Lipinski definition) is 2. The Hall–Kier alpha value is -0.570. The fourth-order valence-electron chi connectivity index (χ4n) is 2.92. The molecule has 2 N–H and O–H groups in total. The van der Waals surface area contributed by atoms with Crippen LogP contribution in [0, 0.1) is 5.92 Å². The Morgan fingerprint density at radius 3 is 2.60 bits per heavy atom. The van der Waals surface area contributed by atoms with E-state index in [4.69, 9.17) is 0 Å². The van der Waals surface area contributed by atoms with Crippen molar-refractivity contribution in [3.05, 3.63) is 0 Å². The van der Waals surface area contributed by atoms with Crippen LogP contribution in [0.5, 0.6) is 0 Å². The number of rotatable bonds is 4. The molecule has 2 fully saturated rings. The van der Waals surface area contributed by atoms with E-state index in [1.165, 1.54) is 25.7 Å². The predicted octanol–water partition coefficient (Wildman–Crippen LogP) is 1.43. The van der Waals surface area contributed by atoms with Crippen molar-refractivity contribution in [3.8, 4) is 0 Å². The summed E-state index contributed by atoms with van der Waals surface area (Å²) in [6.45, 7) is 2.94. The SMILES string of the molecule is CCCC(=O)NCC1CC2CCC(C1)N2. The van der Waals surface area contributed by atoms with E-state index in [-0.39, 0.29) is 5.91 Å². The summed E-state index contributed by atoms with van der Waals surface area (Å²) >= 11 is 0. The Bertz CT molecular complexity index is 218. The molecule has 3 heteroatoms. The zero-order chi connectivity index (χ0) is 10.7. The molecule has 3 nitrogen and oxygen atoms in total. The first-order chi connectivity index (χ1) is 7.28. The minimum atomic E-state index is 0.225. The van der Waals surface area contributed by atoms with E-state index in [9.17, 15) is 4.79 Å². The van der Waals surface area contributed by atoms with Gasteiger partial charge in [0.15, 0.2) is 0 Å². The number of fused-ring (bicyclic) bond motifs is 2. The van der Waals surface area contributed by atoms with E-state index in [0.717, 1.165) is 25.0 Å². The molecule has 0 aromatic carbocycles. The quantitative estimate of drug-likeness (QED) is 0.737. The molecule has 0 saturated carbocycles. The van der Waals surface area contributed by atoms with Crippen molar-refractivity contribution < 1.29 is 4.79 Å². The molecule has 0 spiro atoms. The number of piperidine rings is 1. The van der Waals surface area contributed by atoms with Crippen LogP contribution in [0.4, 0.5) is 0 Å². The highest BCUT2D eigenvalue weighted by molar-refractivity contribution is 5.75. The number of hydrogen-bond acceptors (Lipinski definition) is 2. The van der Waals surface area contributed by atoms with Crippen LogP contribution in [0.15, 0.2) is 0 Å². The monoisotopic (exact) mass is 210 g/mol. The summed E-state index contributed by atoms with van der Waals surface area (Å²) in [5, 5.41) is 6.68. The Labute approximate surface area is 92.0 Å². The van der Waals surface area contributed by atoms with Crippen molar-refractivity contribution in [2.75, 3.05) is 6.54 Å². The zero-order valence-corrected chi connectivity index (χ0v) is 9.59. The summed E-state index contributed by atoms with van der Waals surface area (Å²) in [7, 11) is 0. The van der Waals surface area contributed by atoms with Crippen LogP contribution < -0.4 is 10.6 Å². The highest BCUT2D eigenvalue weighted by atomic mass is 16.1. The molecule has 2 aliphatic heterocycles. The molecular formula is C12H22N2O. The smallest absolute Gasteiger partial charge is 0.219 e. The van der Waals surface area contributed by atoms with Gasteiger partial charge in [-0.3, -0.25) is 4.79 Å². The molecular weight excluding hydrogens is 188 g/mol. The van der Waals surface area contributed by atoms with Gasteiger partial charge in [-0.1, -0.05) is 6.92 Å². The second-order valence-electron chi connectivity index (χ2n) is 5.03. The standard InChI is InChI=1S/C12H22N2O/c1-2-3-12(15)13-8-9-6-10-4-5-11(7-9)14-10/h9-11,14H,2-8H2,1H3,(H,13,15). The Kier molecular flexibility index (Phi) is 3.62. The van der Waals surface area contributed by atoms with E-state index in [0.29, 0.717) is 12.3 Å². The number of carbonyl (C=O) groups excluding carboxylic acids is 1. The molecule has 2 atom stereocenters. The minimum Gasteiger partial charge on any atom is -0.356 e. The summed E-state index contributed by atoms with van der Waals surface area (Å²) in [5.41, 5.74) is 0. The van der Waals surface area contributed by atoms with E-state index < -0.39 is 0 Å². The van der Waals surface area contributed by atoms with Crippen LogP contribution in [0.25, 0.3) is 0 Å². The topological polar surface area (TPSA) is 41.1 Å². The lowest BCUT2D eigenvalue weighted by Crippen LogP contribution is -2.42. The van der Waals surface area contributed by atoms with Gasteiger partial charge in [0.05, 0.1) is 0 Å².